The van der Waals surface area contributed by atoms with Crippen molar-refractivity contribution in [2.75, 3.05) is 32.7 Å². The molecular formula is C17H26N6O2. The summed E-state index contributed by atoms with van der Waals surface area (Å²) in [5, 5.41) is 4.49. The maximum absolute atomic E-state index is 12.6. The quantitative estimate of drug-likeness (QED) is 0.797. The summed E-state index contributed by atoms with van der Waals surface area (Å²) in [5.41, 5.74) is 0.315. The van der Waals surface area contributed by atoms with Crippen LogP contribution in [0.5, 0.6) is 0 Å². The summed E-state index contributed by atoms with van der Waals surface area (Å²) >= 11 is 0. The number of aryl methyl sites for hydroxylation is 1. The Labute approximate surface area is 147 Å². The zero-order valence-corrected chi connectivity index (χ0v) is 15.2. The SMILES string of the molecule is CC(C)CN1CCCN(C(=O)Cn2cnc3c(cnn3C)c2=O)CC1. The monoisotopic (exact) mass is 346 g/mol. The summed E-state index contributed by atoms with van der Waals surface area (Å²) in [6.45, 7) is 8.87. The van der Waals surface area contributed by atoms with Gasteiger partial charge in [0.1, 0.15) is 18.3 Å². The largest absolute Gasteiger partial charge is 0.340 e. The summed E-state index contributed by atoms with van der Waals surface area (Å²) in [6.07, 6.45) is 3.90. The van der Waals surface area contributed by atoms with E-state index in [1.54, 1.807) is 11.7 Å². The number of rotatable bonds is 4. The average molecular weight is 346 g/mol. The third-order valence-corrected chi connectivity index (χ3v) is 4.59. The van der Waals surface area contributed by atoms with Gasteiger partial charge >= 0.3 is 0 Å². The molecule has 0 atom stereocenters. The number of hydrogen-bond acceptors (Lipinski definition) is 5. The van der Waals surface area contributed by atoms with Crippen LogP contribution in [-0.4, -0.2) is 67.8 Å². The lowest BCUT2D eigenvalue weighted by Crippen LogP contribution is -2.39. The smallest absolute Gasteiger partial charge is 0.264 e. The Bertz CT molecular complexity index is 809. The normalized spacial score (nSPS) is 16.6. The number of aromatic nitrogens is 4. The molecule has 0 aliphatic carbocycles. The van der Waals surface area contributed by atoms with Gasteiger partial charge < -0.3 is 9.80 Å². The van der Waals surface area contributed by atoms with E-state index >= 15 is 0 Å². The van der Waals surface area contributed by atoms with Crippen molar-refractivity contribution < 1.29 is 4.79 Å². The Hall–Kier alpha value is -2.22. The van der Waals surface area contributed by atoms with Crippen molar-refractivity contribution >= 4 is 16.9 Å². The molecule has 0 saturated carbocycles. The standard InChI is InChI=1S/C17H26N6O2/c1-13(2)10-21-5-4-6-22(8-7-21)15(24)11-23-12-18-16-14(17(23)25)9-19-20(16)3/h9,12-13H,4-8,10-11H2,1-3H3. The van der Waals surface area contributed by atoms with Gasteiger partial charge in [-0.25, -0.2) is 4.98 Å². The molecule has 2 aromatic rings. The van der Waals surface area contributed by atoms with Crippen LogP contribution in [0.4, 0.5) is 0 Å². The molecule has 3 heterocycles. The first-order chi connectivity index (χ1) is 12.0. The molecule has 0 spiro atoms. The molecule has 1 saturated heterocycles. The minimum absolute atomic E-state index is 0.0286. The Morgan fingerprint density at radius 2 is 2.04 bits per heavy atom. The number of fused-ring (bicyclic) bond motifs is 1. The van der Waals surface area contributed by atoms with Crippen molar-refractivity contribution in [3.63, 3.8) is 0 Å². The molecule has 1 aliphatic heterocycles. The molecule has 0 radical (unpaired) electrons. The van der Waals surface area contributed by atoms with Crippen molar-refractivity contribution in [2.45, 2.75) is 26.8 Å². The van der Waals surface area contributed by atoms with Crippen LogP contribution < -0.4 is 5.56 Å². The van der Waals surface area contributed by atoms with Gasteiger partial charge in [0.25, 0.3) is 5.56 Å². The van der Waals surface area contributed by atoms with E-state index in [4.69, 9.17) is 0 Å². The Kier molecular flexibility index (Phi) is 5.17. The highest BCUT2D eigenvalue weighted by Crippen LogP contribution is 2.08. The van der Waals surface area contributed by atoms with Crippen LogP contribution in [0.3, 0.4) is 0 Å². The highest BCUT2D eigenvalue weighted by molar-refractivity contribution is 5.77. The molecule has 2 aromatic heterocycles. The first-order valence-electron chi connectivity index (χ1n) is 8.83. The summed E-state index contributed by atoms with van der Waals surface area (Å²) in [6, 6.07) is 0. The maximum Gasteiger partial charge on any atom is 0.264 e. The van der Waals surface area contributed by atoms with Gasteiger partial charge in [-0.1, -0.05) is 13.8 Å². The zero-order chi connectivity index (χ0) is 18.0. The lowest BCUT2D eigenvalue weighted by atomic mass is 10.2. The summed E-state index contributed by atoms with van der Waals surface area (Å²) in [4.78, 5) is 33.7. The van der Waals surface area contributed by atoms with Crippen molar-refractivity contribution in [3.05, 3.63) is 22.9 Å². The third kappa shape index (κ3) is 3.89. The number of carbonyl (C=O) groups is 1. The van der Waals surface area contributed by atoms with Gasteiger partial charge in [0, 0.05) is 33.2 Å². The molecule has 1 aliphatic rings. The number of hydrogen-bond donors (Lipinski definition) is 0. The van der Waals surface area contributed by atoms with Gasteiger partial charge in [0.05, 0.1) is 6.20 Å². The molecule has 8 heteroatoms. The molecule has 136 valence electrons. The van der Waals surface area contributed by atoms with Crippen LogP contribution >= 0.6 is 0 Å². The fraction of sp³-hybridized carbons (Fsp3) is 0.647. The maximum atomic E-state index is 12.6. The van der Waals surface area contributed by atoms with E-state index in [-0.39, 0.29) is 18.0 Å². The molecule has 0 N–H and O–H groups in total. The van der Waals surface area contributed by atoms with Gasteiger partial charge in [0.15, 0.2) is 5.65 Å². The molecule has 0 aromatic carbocycles. The van der Waals surface area contributed by atoms with Gasteiger partial charge in [-0.3, -0.25) is 18.8 Å². The van der Waals surface area contributed by atoms with Gasteiger partial charge in [-0.2, -0.15) is 5.10 Å². The molecule has 3 rings (SSSR count). The predicted molar refractivity (Wildman–Crippen MR) is 95.2 cm³/mol. The first kappa shape index (κ1) is 17.6. The topological polar surface area (TPSA) is 76.3 Å². The Balaban J connectivity index is 1.68. The Morgan fingerprint density at radius 3 is 2.80 bits per heavy atom. The summed E-state index contributed by atoms with van der Waals surface area (Å²) < 4.78 is 2.93. The molecule has 25 heavy (non-hydrogen) atoms. The second-order valence-corrected chi connectivity index (χ2v) is 7.11. The summed E-state index contributed by atoms with van der Waals surface area (Å²) in [5.74, 6) is 0.594. The van der Waals surface area contributed by atoms with E-state index in [0.717, 1.165) is 32.6 Å². The molecule has 1 fully saturated rings. The first-order valence-corrected chi connectivity index (χ1v) is 8.83. The van der Waals surface area contributed by atoms with E-state index in [9.17, 15) is 9.59 Å². The van der Waals surface area contributed by atoms with Gasteiger partial charge in [-0.15, -0.1) is 0 Å². The van der Waals surface area contributed by atoms with Crippen LogP contribution in [0.1, 0.15) is 20.3 Å². The van der Waals surface area contributed by atoms with Gasteiger partial charge in [0.2, 0.25) is 5.91 Å². The molecular weight excluding hydrogens is 320 g/mol. The van der Waals surface area contributed by atoms with E-state index in [0.29, 0.717) is 23.5 Å². The van der Waals surface area contributed by atoms with Crippen LogP contribution in [0.25, 0.3) is 11.0 Å². The number of amides is 1. The van der Waals surface area contributed by atoms with Crippen molar-refractivity contribution in [3.8, 4) is 0 Å². The highest BCUT2D eigenvalue weighted by Gasteiger charge is 2.20. The average Bonchev–Trinajstić information content (AvgIpc) is 2.78. The highest BCUT2D eigenvalue weighted by atomic mass is 16.2. The minimum atomic E-state index is -0.220. The van der Waals surface area contributed by atoms with E-state index in [1.807, 2.05) is 4.90 Å². The lowest BCUT2D eigenvalue weighted by molar-refractivity contribution is -0.131. The Morgan fingerprint density at radius 1 is 1.24 bits per heavy atom. The number of carbonyl (C=O) groups excluding carboxylic acids is 1. The zero-order valence-electron chi connectivity index (χ0n) is 15.2. The summed E-state index contributed by atoms with van der Waals surface area (Å²) in [7, 11) is 1.74. The fourth-order valence-electron chi connectivity index (χ4n) is 3.34. The molecule has 8 nitrogen and oxygen atoms in total. The lowest BCUT2D eigenvalue weighted by Gasteiger charge is -2.23. The van der Waals surface area contributed by atoms with Crippen LogP contribution in [0.2, 0.25) is 0 Å². The van der Waals surface area contributed by atoms with E-state index in [2.05, 4.69) is 28.8 Å². The van der Waals surface area contributed by atoms with Crippen LogP contribution in [0.15, 0.2) is 17.3 Å². The fourth-order valence-corrected chi connectivity index (χ4v) is 3.34. The van der Waals surface area contributed by atoms with Crippen molar-refractivity contribution in [1.82, 2.24) is 29.1 Å². The van der Waals surface area contributed by atoms with Crippen LogP contribution in [-0.2, 0) is 18.4 Å². The molecule has 0 unspecified atom stereocenters. The second-order valence-electron chi connectivity index (χ2n) is 7.11. The van der Waals surface area contributed by atoms with Crippen molar-refractivity contribution in [2.24, 2.45) is 13.0 Å². The second kappa shape index (κ2) is 7.35. The third-order valence-electron chi connectivity index (χ3n) is 4.59. The van der Waals surface area contributed by atoms with Gasteiger partial charge in [-0.05, 0) is 18.9 Å². The molecule has 0 bridgehead atoms. The van der Waals surface area contributed by atoms with Crippen molar-refractivity contribution in [1.29, 1.82) is 0 Å². The number of nitrogens with zero attached hydrogens (tertiary/aromatic N) is 6. The predicted octanol–water partition coefficient (Wildman–Crippen LogP) is 0.320. The molecule has 1 amide bonds. The van der Waals surface area contributed by atoms with Crippen LogP contribution in [0, 0.1) is 5.92 Å². The van der Waals surface area contributed by atoms with E-state index in [1.165, 1.54) is 17.1 Å². The minimum Gasteiger partial charge on any atom is -0.340 e. The van der Waals surface area contributed by atoms with E-state index < -0.39 is 0 Å².